The lowest BCUT2D eigenvalue weighted by Crippen LogP contribution is -2.34. The van der Waals surface area contributed by atoms with Gasteiger partial charge >= 0.3 is 0 Å². The molecule has 1 aromatic rings. The van der Waals surface area contributed by atoms with Crippen molar-refractivity contribution in [3.63, 3.8) is 0 Å². The second-order valence-corrected chi connectivity index (χ2v) is 5.88. The highest BCUT2D eigenvalue weighted by Gasteiger charge is 2.29. The van der Waals surface area contributed by atoms with Crippen LogP contribution < -0.4 is 5.73 Å². The molecule has 0 spiro atoms. The SMILES string of the molecule is C=CCC(CN)(CCCCC)c1ccc(Cl)c(Cl)c1. The predicted octanol–water partition coefficient (Wildman–Crippen LogP) is 5.35. The van der Waals surface area contributed by atoms with E-state index in [-0.39, 0.29) is 5.41 Å². The molecule has 0 amide bonds. The van der Waals surface area contributed by atoms with Gasteiger partial charge in [0, 0.05) is 12.0 Å². The number of nitrogens with two attached hydrogens (primary N) is 1. The molecule has 2 N–H and O–H groups in total. The molecule has 0 heterocycles. The second kappa shape index (κ2) is 7.94. The molecule has 0 aliphatic rings. The van der Waals surface area contributed by atoms with Gasteiger partial charge < -0.3 is 5.73 Å². The highest BCUT2D eigenvalue weighted by molar-refractivity contribution is 6.42. The maximum Gasteiger partial charge on any atom is 0.0595 e. The van der Waals surface area contributed by atoms with E-state index >= 15 is 0 Å². The van der Waals surface area contributed by atoms with Crippen molar-refractivity contribution in [3.8, 4) is 0 Å². The van der Waals surface area contributed by atoms with E-state index in [1.165, 1.54) is 24.8 Å². The van der Waals surface area contributed by atoms with E-state index in [0.717, 1.165) is 12.8 Å². The number of allylic oxidation sites excluding steroid dienone is 1. The number of benzene rings is 1. The summed E-state index contributed by atoms with van der Waals surface area (Å²) < 4.78 is 0. The summed E-state index contributed by atoms with van der Waals surface area (Å²) in [5.41, 5.74) is 7.18. The van der Waals surface area contributed by atoms with Crippen molar-refractivity contribution in [1.82, 2.24) is 0 Å². The highest BCUT2D eigenvalue weighted by Crippen LogP contribution is 2.36. The molecule has 0 aromatic heterocycles. The minimum Gasteiger partial charge on any atom is -0.330 e. The monoisotopic (exact) mass is 299 g/mol. The summed E-state index contributed by atoms with van der Waals surface area (Å²) in [6, 6.07) is 5.84. The molecule has 1 nitrogen and oxygen atoms in total. The lowest BCUT2D eigenvalue weighted by Gasteiger charge is -2.32. The molecule has 0 aliphatic carbocycles. The van der Waals surface area contributed by atoms with Gasteiger partial charge in [0.2, 0.25) is 0 Å². The number of unbranched alkanes of at least 4 members (excludes halogenated alkanes) is 2. The van der Waals surface area contributed by atoms with Crippen molar-refractivity contribution >= 4 is 23.2 Å². The van der Waals surface area contributed by atoms with Crippen LogP contribution in [0.2, 0.25) is 10.0 Å². The first kappa shape index (κ1) is 16.6. The van der Waals surface area contributed by atoms with Gasteiger partial charge in [0.15, 0.2) is 0 Å². The van der Waals surface area contributed by atoms with Crippen molar-refractivity contribution in [3.05, 3.63) is 46.5 Å². The fourth-order valence-electron chi connectivity index (χ4n) is 2.48. The van der Waals surface area contributed by atoms with E-state index in [9.17, 15) is 0 Å². The first-order valence-electron chi connectivity index (χ1n) is 6.86. The van der Waals surface area contributed by atoms with Gasteiger partial charge in [0.25, 0.3) is 0 Å². The largest absolute Gasteiger partial charge is 0.330 e. The molecular formula is C16H23Cl2N. The summed E-state index contributed by atoms with van der Waals surface area (Å²) in [6.45, 7) is 6.68. The van der Waals surface area contributed by atoms with Crippen molar-refractivity contribution in [2.45, 2.75) is 44.4 Å². The number of hydrogen-bond donors (Lipinski definition) is 1. The van der Waals surface area contributed by atoms with Crippen LogP contribution in [0.25, 0.3) is 0 Å². The molecule has 1 atom stereocenters. The van der Waals surface area contributed by atoms with E-state index in [2.05, 4.69) is 13.5 Å². The molecular weight excluding hydrogens is 277 g/mol. The van der Waals surface area contributed by atoms with E-state index in [1.54, 1.807) is 0 Å². The van der Waals surface area contributed by atoms with Crippen LogP contribution in [-0.2, 0) is 5.41 Å². The Hall–Kier alpha value is -0.500. The normalized spacial score (nSPS) is 14.1. The van der Waals surface area contributed by atoms with Gasteiger partial charge in [-0.15, -0.1) is 6.58 Å². The van der Waals surface area contributed by atoms with Gasteiger partial charge in [-0.05, 0) is 30.5 Å². The van der Waals surface area contributed by atoms with Crippen molar-refractivity contribution < 1.29 is 0 Å². The van der Waals surface area contributed by atoms with Crippen LogP contribution in [0.3, 0.4) is 0 Å². The van der Waals surface area contributed by atoms with Gasteiger partial charge in [-0.3, -0.25) is 0 Å². The average Bonchev–Trinajstić information content (AvgIpc) is 2.41. The fraction of sp³-hybridized carbons (Fsp3) is 0.500. The van der Waals surface area contributed by atoms with Crippen molar-refractivity contribution in [1.29, 1.82) is 0 Å². The standard InChI is InChI=1S/C16H23Cl2N/c1-3-5-6-10-16(12-19,9-4-2)13-7-8-14(17)15(18)11-13/h4,7-8,11H,2-3,5-6,9-10,12,19H2,1H3. The summed E-state index contributed by atoms with van der Waals surface area (Å²) in [6.07, 6.45) is 7.46. The number of hydrogen-bond acceptors (Lipinski definition) is 1. The smallest absolute Gasteiger partial charge is 0.0595 e. The van der Waals surface area contributed by atoms with Crippen molar-refractivity contribution in [2.24, 2.45) is 5.73 Å². The molecule has 0 fully saturated rings. The van der Waals surface area contributed by atoms with Crippen LogP contribution in [0, 0.1) is 0 Å². The Morgan fingerprint density at radius 1 is 1.26 bits per heavy atom. The molecule has 1 unspecified atom stereocenters. The van der Waals surface area contributed by atoms with Crippen molar-refractivity contribution in [2.75, 3.05) is 6.54 Å². The van der Waals surface area contributed by atoms with Gasteiger partial charge in [-0.1, -0.05) is 61.5 Å². The Balaban J connectivity index is 3.05. The Kier molecular flexibility index (Phi) is 6.92. The molecule has 0 bridgehead atoms. The van der Waals surface area contributed by atoms with Gasteiger partial charge in [0.05, 0.1) is 10.0 Å². The van der Waals surface area contributed by atoms with E-state index in [0.29, 0.717) is 16.6 Å². The molecule has 0 saturated carbocycles. The van der Waals surface area contributed by atoms with Crippen LogP contribution in [0.5, 0.6) is 0 Å². The Bertz CT molecular complexity index is 417. The third-order valence-corrected chi connectivity index (χ3v) is 4.46. The van der Waals surface area contributed by atoms with Crippen LogP contribution in [-0.4, -0.2) is 6.54 Å². The fourth-order valence-corrected chi connectivity index (χ4v) is 2.78. The lowest BCUT2D eigenvalue weighted by atomic mass is 9.73. The number of halogens is 2. The van der Waals surface area contributed by atoms with Crippen LogP contribution in [0.4, 0.5) is 0 Å². The quantitative estimate of drug-likeness (QED) is 0.508. The lowest BCUT2D eigenvalue weighted by molar-refractivity contribution is 0.388. The summed E-state index contributed by atoms with van der Waals surface area (Å²) in [4.78, 5) is 0. The minimum absolute atomic E-state index is 0.0643. The van der Waals surface area contributed by atoms with E-state index < -0.39 is 0 Å². The average molecular weight is 300 g/mol. The maximum atomic E-state index is 6.14. The third-order valence-electron chi connectivity index (χ3n) is 3.72. The number of rotatable bonds is 8. The highest BCUT2D eigenvalue weighted by atomic mass is 35.5. The van der Waals surface area contributed by atoms with Gasteiger partial charge in [-0.25, -0.2) is 0 Å². The Labute approximate surface area is 126 Å². The predicted molar refractivity (Wildman–Crippen MR) is 86.2 cm³/mol. The third kappa shape index (κ3) is 4.24. The molecule has 1 rings (SSSR count). The van der Waals surface area contributed by atoms with E-state index in [1.807, 2.05) is 24.3 Å². The van der Waals surface area contributed by atoms with Gasteiger partial charge in [0.1, 0.15) is 0 Å². The van der Waals surface area contributed by atoms with E-state index in [4.69, 9.17) is 28.9 Å². The first-order chi connectivity index (χ1) is 9.09. The zero-order chi connectivity index (χ0) is 14.3. The minimum atomic E-state index is -0.0643. The zero-order valence-electron chi connectivity index (χ0n) is 11.6. The molecule has 19 heavy (non-hydrogen) atoms. The van der Waals surface area contributed by atoms with Crippen LogP contribution in [0.1, 0.15) is 44.6 Å². The summed E-state index contributed by atoms with van der Waals surface area (Å²) in [5, 5.41) is 1.18. The Morgan fingerprint density at radius 3 is 2.53 bits per heavy atom. The maximum absolute atomic E-state index is 6.14. The zero-order valence-corrected chi connectivity index (χ0v) is 13.1. The summed E-state index contributed by atoms with van der Waals surface area (Å²) in [5.74, 6) is 0. The van der Waals surface area contributed by atoms with Gasteiger partial charge in [-0.2, -0.15) is 0 Å². The molecule has 3 heteroatoms. The first-order valence-corrected chi connectivity index (χ1v) is 7.61. The molecule has 106 valence electrons. The molecule has 0 radical (unpaired) electrons. The second-order valence-electron chi connectivity index (χ2n) is 5.06. The molecule has 0 aliphatic heterocycles. The molecule has 1 aromatic carbocycles. The van der Waals surface area contributed by atoms with Crippen LogP contribution in [0.15, 0.2) is 30.9 Å². The summed E-state index contributed by atoms with van der Waals surface area (Å²) >= 11 is 12.1. The van der Waals surface area contributed by atoms with Crippen LogP contribution >= 0.6 is 23.2 Å². The molecule has 0 saturated heterocycles. The topological polar surface area (TPSA) is 26.0 Å². The Morgan fingerprint density at radius 2 is 2.00 bits per heavy atom. The summed E-state index contributed by atoms with van der Waals surface area (Å²) in [7, 11) is 0.